The minimum Gasteiger partial charge on any atom is -0.376 e. The van der Waals surface area contributed by atoms with E-state index in [-0.39, 0.29) is 6.10 Å². The van der Waals surface area contributed by atoms with Crippen molar-refractivity contribution in [3.8, 4) is 0 Å². The number of aromatic nitrogens is 5. The second-order valence-electron chi connectivity index (χ2n) is 5.75. The van der Waals surface area contributed by atoms with Crippen molar-refractivity contribution in [2.75, 3.05) is 18.5 Å². The molecule has 1 fully saturated rings. The van der Waals surface area contributed by atoms with Crippen molar-refractivity contribution in [2.24, 2.45) is 0 Å². The van der Waals surface area contributed by atoms with Crippen LogP contribution >= 0.6 is 11.6 Å². The zero-order valence-corrected chi connectivity index (χ0v) is 13.8. The van der Waals surface area contributed by atoms with Gasteiger partial charge in [0.15, 0.2) is 17.0 Å². The van der Waals surface area contributed by atoms with E-state index in [1.807, 2.05) is 24.3 Å². The van der Waals surface area contributed by atoms with Gasteiger partial charge in [-0.3, -0.25) is 0 Å². The first kappa shape index (κ1) is 15.3. The standard InChI is InChI=1S/C16H17ClN6O/c17-13-6-2-1-4-11(13)9-23-16-14(21-22-23)15(19-10-20-16)18-8-12-5-3-7-24-12/h1-2,4,6,10,12H,3,5,7-9H2,(H,18,19,20)/t12-/m1/s1. The summed E-state index contributed by atoms with van der Waals surface area (Å²) in [6, 6.07) is 7.68. The van der Waals surface area contributed by atoms with E-state index in [0.29, 0.717) is 35.1 Å². The third-order valence-corrected chi connectivity index (χ3v) is 4.47. The molecule has 3 heterocycles. The zero-order valence-electron chi connectivity index (χ0n) is 13.0. The maximum Gasteiger partial charge on any atom is 0.184 e. The van der Waals surface area contributed by atoms with Crippen molar-refractivity contribution in [1.29, 1.82) is 0 Å². The van der Waals surface area contributed by atoms with Crippen molar-refractivity contribution in [3.63, 3.8) is 0 Å². The number of hydrogen-bond donors (Lipinski definition) is 1. The lowest BCUT2D eigenvalue weighted by Crippen LogP contribution is -2.19. The quantitative estimate of drug-likeness (QED) is 0.766. The van der Waals surface area contributed by atoms with Crippen molar-refractivity contribution in [2.45, 2.75) is 25.5 Å². The molecule has 1 aliphatic rings. The number of nitrogens with zero attached hydrogens (tertiary/aromatic N) is 5. The number of nitrogens with one attached hydrogen (secondary N) is 1. The topological polar surface area (TPSA) is 77.8 Å². The molecule has 0 radical (unpaired) electrons. The van der Waals surface area contributed by atoms with Gasteiger partial charge in [-0.2, -0.15) is 0 Å². The van der Waals surface area contributed by atoms with Crippen LogP contribution in [0, 0.1) is 0 Å². The Hall–Kier alpha value is -2.25. The number of rotatable bonds is 5. The van der Waals surface area contributed by atoms with Gasteiger partial charge in [-0.05, 0) is 24.5 Å². The molecular weight excluding hydrogens is 328 g/mol. The minimum atomic E-state index is 0.230. The van der Waals surface area contributed by atoms with E-state index in [1.54, 1.807) is 4.68 Å². The number of benzene rings is 1. The highest BCUT2D eigenvalue weighted by molar-refractivity contribution is 6.31. The van der Waals surface area contributed by atoms with Gasteiger partial charge >= 0.3 is 0 Å². The smallest absolute Gasteiger partial charge is 0.184 e. The first-order chi connectivity index (χ1) is 11.8. The van der Waals surface area contributed by atoms with Gasteiger partial charge in [-0.25, -0.2) is 14.6 Å². The predicted octanol–water partition coefficient (Wildman–Crippen LogP) is 2.51. The first-order valence-electron chi connectivity index (χ1n) is 7.94. The second-order valence-corrected chi connectivity index (χ2v) is 6.16. The Morgan fingerprint density at radius 2 is 2.21 bits per heavy atom. The van der Waals surface area contributed by atoms with Crippen LogP contribution in [0.25, 0.3) is 11.2 Å². The number of hydrogen-bond acceptors (Lipinski definition) is 6. The highest BCUT2D eigenvalue weighted by Gasteiger charge is 2.17. The summed E-state index contributed by atoms with van der Waals surface area (Å²) in [5.41, 5.74) is 2.31. The summed E-state index contributed by atoms with van der Waals surface area (Å²) in [4.78, 5) is 8.61. The number of fused-ring (bicyclic) bond motifs is 1. The number of anilines is 1. The summed E-state index contributed by atoms with van der Waals surface area (Å²) in [7, 11) is 0. The third kappa shape index (κ3) is 3.05. The molecule has 4 rings (SSSR count). The molecule has 1 aliphatic heterocycles. The lowest BCUT2D eigenvalue weighted by atomic mass is 10.2. The van der Waals surface area contributed by atoms with E-state index >= 15 is 0 Å². The molecule has 1 saturated heterocycles. The van der Waals surface area contributed by atoms with E-state index in [9.17, 15) is 0 Å². The van der Waals surface area contributed by atoms with Gasteiger partial charge in [0.05, 0.1) is 12.6 Å². The van der Waals surface area contributed by atoms with Crippen LogP contribution < -0.4 is 5.32 Å². The predicted molar refractivity (Wildman–Crippen MR) is 91.1 cm³/mol. The van der Waals surface area contributed by atoms with Gasteiger partial charge in [0.1, 0.15) is 6.33 Å². The summed E-state index contributed by atoms with van der Waals surface area (Å²) in [5.74, 6) is 0.681. The molecular formula is C16H17ClN6O. The maximum atomic E-state index is 6.23. The van der Waals surface area contributed by atoms with Crippen LogP contribution in [-0.2, 0) is 11.3 Å². The van der Waals surface area contributed by atoms with Gasteiger partial charge in [0.2, 0.25) is 0 Å². The van der Waals surface area contributed by atoms with Crippen molar-refractivity contribution in [3.05, 3.63) is 41.2 Å². The molecule has 1 atom stereocenters. The van der Waals surface area contributed by atoms with Crippen LogP contribution in [0.15, 0.2) is 30.6 Å². The molecule has 0 spiro atoms. The van der Waals surface area contributed by atoms with Gasteiger partial charge in [0.25, 0.3) is 0 Å². The molecule has 24 heavy (non-hydrogen) atoms. The highest BCUT2D eigenvalue weighted by atomic mass is 35.5. The fraction of sp³-hybridized carbons (Fsp3) is 0.375. The molecule has 1 N–H and O–H groups in total. The minimum absolute atomic E-state index is 0.230. The van der Waals surface area contributed by atoms with Gasteiger partial charge in [-0.1, -0.05) is 35.0 Å². The Bertz CT molecular complexity index is 845. The van der Waals surface area contributed by atoms with E-state index in [0.717, 1.165) is 25.0 Å². The molecule has 3 aromatic rings. The Labute approximate surface area is 144 Å². The largest absolute Gasteiger partial charge is 0.376 e. The van der Waals surface area contributed by atoms with Crippen LogP contribution in [-0.4, -0.2) is 44.2 Å². The van der Waals surface area contributed by atoms with Crippen LogP contribution in [0.2, 0.25) is 5.02 Å². The zero-order chi connectivity index (χ0) is 16.4. The third-order valence-electron chi connectivity index (χ3n) is 4.10. The fourth-order valence-corrected chi connectivity index (χ4v) is 3.03. The van der Waals surface area contributed by atoms with Crippen molar-refractivity contribution in [1.82, 2.24) is 25.0 Å². The average Bonchev–Trinajstić information content (AvgIpc) is 3.25. The monoisotopic (exact) mass is 344 g/mol. The van der Waals surface area contributed by atoms with Gasteiger partial charge in [-0.15, -0.1) is 5.10 Å². The van der Waals surface area contributed by atoms with E-state index in [1.165, 1.54) is 6.33 Å². The number of halogens is 1. The van der Waals surface area contributed by atoms with Gasteiger partial charge in [0, 0.05) is 18.2 Å². The molecule has 7 nitrogen and oxygen atoms in total. The van der Waals surface area contributed by atoms with Crippen LogP contribution in [0.4, 0.5) is 5.82 Å². The number of ether oxygens (including phenoxy) is 1. The highest BCUT2D eigenvalue weighted by Crippen LogP contribution is 2.21. The second kappa shape index (κ2) is 6.70. The Balaban J connectivity index is 1.57. The molecule has 0 aliphatic carbocycles. The lowest BCUT2D eigenvalue weighted by Gasteiger charge is -2.11. The molecule has 124 valence electrons. The fourth-order valence-electron chi connectivity index (χ4n) is 2.83. The van der Waals surface area contributed by atoms with E-state index < -0.39 is 0 Å². The Kier molecular flexibility index (Phi) is 4.27. The summed E-state index contributed by atoms with van der Waals surface area (Å²) in [5, 5.41) is 12.4. The SMILES string of the molecule is Clc1ccccc1Cn1nnc2c(NC[C@H]3CCCO3)ncnc21. The van der Waals surface area contributed by atoms with Gasteiger partial charge < -0.3 is 10.1 Å². The van der Waals surface area contributed by atoms with Crippen LogP contribution in [0.5, 0.6) is 0 Å². The van der Waals surface area contributed by atoms with Crippen molar-refractivity contribution >= 4 is 28.6 Å². The van der Waals surface area contributed by atoms with E-state index in [2.05, 4.69) is 25.6 Å². The molecule has 0 unspecified atom stereocenters. The average molecular weight is 345 g/mol. The molecule has 0 saturated carbocycles. The summed E-state index contributed by atoms with van der Waals surface area (Å²) < 4.78 is 7.35. The molecule has 8 heteroatoms. The molecule has 1 aromatic carbocycles. The molecule has 0 bridgehead atoms. The summed E-state index contributed by atoms with van der Waals surface area (Å²) in [6.07, 6.45) is 3.93. The molecule has 2 aromatic heterocycles. The first-order valence-corrected chi connectivity index (χ1v) is 8.32. The van der Waals surface area contributed by atoms with Crippen LogP contribution in [0.3, 0.4) is 0 Å². The van der Waals surface area contributed by atoms with Crippen molar-refractivity contribution < 1.29 is 4.74 Å². The Morgan fingerprint density at radius 1 is 1.29 bits per heavy atom. The summed E-state index contributed by atoms with van der Waals surface area (Å²) in [6.45, 7) is 2.06. The summed E-state index contributed by atoms with van der Waals surface area (Å²) >= 11 is 6.23. The lowest BCUT2D eigenvalue weighted by molar-refractivity contribution is 0.120. The molecule has 0 amide bonds. The normalized spacial score (nSPS) is 17.5. The Morgan fingerprint density at radius 3 is 3.04 bits per heavy atom. The van der Waals surface area contributed by atoms with E-state index in [4.69, 9.17) is 16.3 Å². The van der Waals surface area contributed by atoms with Crippen LogP contribution in [0.1, 0.15) is 18.4 Å². The maximum absolute atomic E-state index is 6.23.